The molecule has 1 unspecified atom stereocenters. The van der Waals surface area contributed by atoms with Gasteiger partial charge in [0, 0.05) is 38.9 Å². The van der Waals surface area contributed by atoms with E-state index in [1.54, 1.807) is 7.05 Å². The van der Waals surface area contributed by atoms with Crippen molar-refractivity contribution in [2.24, 2.45) is 20.0 Å². The molecule has 0 aliphatic heterocycles. The summed E-state index contributed by atoms with van der Waals surface area (Å²) in [5.41, 5.74) is -0.0421. The number of aromatic nitrogens is 2. The predicted molar refractivity (Wildman–Crippen MR) is 74.1 cm³/mol. The lowest BCUT2D eigenvalue weighted by atomic mass is 10.1. The number of hydrogen-bond acceptors (Lipinski definition) is 4. The second-order valence-corrected chi connectivity index (χ2v) is 5.29. The molecule has 6 nitrogen and oxygen atoms in total. The number of nitrogens with zero attached hydrogens (tertiary/aromatic N) is 2. The first-order valence-corrected chi connectivity index (χ1v) is 6.47. The van der Waals surface area contributed by atoms with Gasteiger partial charge in [-0.1, -0.05) is 13.8 Å². The molecular formula is C13H23N3O3. The molecule has 0 bridgehead atoms. The van der Waals surface area contributed by atoms with E-state index in [0.717, 1.165) is 11.0 Å². The maximum atomic E-state index is 11.7. The van der Waals surface area contributed by atoms with E-state index in [1.165, 1.54) is 17.7 Å². The van der Waals surface area contributed by atoms with Gasteiger partial charge in [-0.05, 0) is 12.3 Å². The molecule has 19 heavy (non-hydrogen) atoms. The molecule has 108 valence electrons. The Hall–Kier alpha value is -1.40. The van der Waals surface area contributed by atoms with Crippen molar-refractivity contribution in [3.63, 3.8) is 0 Å². The Labute approximate surface area is 112 Å². The first-order chi connectivity index (χ1) is 8.82. The third-order valence-electron chi connectivity index (χ3n) is 3.05. The maximum absolute atomic E-state index is 11.7. The van der Waals surface area contributed by atoms with E-state index in [0.29, 0.717) is 24.7 Å². The Morgan fingerprint density at radius 1 is 1.26 bits per heavy atom. The molecule has 0 spiro atoms. The molecular weight excluding hydrogens is 246 g/mol. The molecule has 0 aliphatic rings. The minimum absolute atomic E-state index is 0.317. The number of aliphatic hydroxyl groups is 1. The largest absolute Gasteiger partial charge is 0.392 e. The fourth-order valence-electron chi connectivity index (χ4n) is 1.94. The third kappa shape index (κ3) is 4.33. The van der Waals surface area contributed by atoms with E-state index in [2.05, 4.69) is 5.32 Å². The molecule has 1 aromatic rings. The zero-order valence-electron chi connectivity index (χ0n) is 12.0. The van der Waals surface area contributed by atoms with Crippen molar-refractivity contribution in [2.45, 2.75) is 32.9 Å². The van der Waals surface area contributed by atoms with Crippen LogP contribution in [0, 0.1) is 5.92 Å². The fourth-order valence-corrected chi connectivity index (χ4v) is 1.94. The molecule has 6 heteroatoms. The van der Waals surface area contributed by atoms with Crippen LogP contribution in [-0.4, -0.2) is 26.9 Å². The highest BCUT2D eigenvalue weighted by molar-refractivity contribution is 5.01. The molecule has 0 saturated carbocycles. The van der Waals surface area contributed by atoms with Crippen LogP contribution in [-0.2, 0) is 20.6 Å². The van der Waals surface area contributed by atoms with Crippen molar-refractivity contribution in [1.29, 1.82) is 0 Å². The normalized spacial score (nSPS) is 12.9. The second kappa shape index (κ2) is 6.68. The number of nitrogens with one attached hydrogen (secondary N) is 1. The molecule has 0 saturated heterocycles. The van der Waals surface area contributed by atoms with E-state index in [4.69, 9.17) is 0 Å². The summed E-state index contributed by atoms with van der Waals surface area (Å²) in [6.07, 6.45) is 0.311. The lowest BCUT2D eigenvalue weighted by Crippen LogP contribution is -2.39. The topological polar surface area (TPSA) is 76.3 Å². The Morgan fingerprint density at radius 2 is 1.89 bits per heavy atom. The average molecular weight is 269 g/mol. The lowest BCUT2D eigenvalue weighted by Gasteiger charge is -2.15. The molecule has 1 aromatic heterocycles. The minimum Gasteiger partial charge on any atom is -0.392 e. The summed E-state index contributed by atoms with van der Waals surface area (Å²) in [6, 6.07) is 1.43. The van der Waals surface area contributed by atoms with Crippen LogP contribution in [0.15, 0.2) is 15.7 Å². The summed E-state index contributed by atoms with van der Waals surface area (Å²) in [5, 5.41) is 12.8. The zero-order chi connectivity index (χ0) is 14.6. The highest BCUT2D eigenvalue weighted by Crippen LogP contribution is 2.03. The van der Waals surface area contributed by atoms with Crippen LogP contribution in [0.5, 0.6) is 0 Å². The summed E-state index contributed by atoms with van der Waals surface area (Å²) >= 11 is 0. The quantitative estimate of drug-likeness (QED) is 0.735. The van der Waals surface area contributed by atoms with Crippen LogP contribution in [0.3, 0.4) is 0 Å². The number of rotatable bonds is 6. The molecule has 0 radical (unpaired) electrons. The maximum Gasteiger partial charge on any atom is 0.330 e. The Balaban J connectivity index is 2.65. The molecule has 1 rings (SSSR count). The van der Waals surface area contributed by atoms with E-state index < -0.39 is 6.10 Å². The van der Waals surface area contributed by atoms with Crippen molar-refractivity contribution < 1.29 is 5.11 Å². The van der Waals surface area contributed by atoms with Gasteiger partial charge in [0.1, 0.15) is 0 Å². The van der Waals surface area contributed by atoms with Crippen LogP contribution in [0.25, 0.3) is 0 Å². The van der Waals surface area contributed by atoms with Crippen LogP contribution >= 0.6 is 0 Å². The summed E-state index contributed by atoms with van der Waals surface area (Å²) < 4.78 is 2.50. The van der Waals surface area contributed by atoms with Crippen molar-refractivity contribution in [1.82, 2.24) is 14.5 Å². The first-order valence-electron chi connectivity index (χ1n) is 6.47. The van der Waals surface area contributed by atoms with Gasteiger partial charge in [0.15, 0.2) is 0 Å². The summed E-state index contributed by atoms with van der Waals surface area (Å²) in [6.45, 7) is 4.93. The first kappa shape index (κ1) is 15.7. The van der Waals surface area contributed by atoms with Crippen molar-refractivity contribution in [3.05, 3.63) is 32.6 Å². The SMILES string of the molecule is CC(C)CC(O)CNCc1cc(=O)n(C)c(=O)n1C. The summed E-state index contributed by atoms with van der Waals surface area (Å²) in [4.78, 5) is 23.2. The molecule has 2 N–H and O–H groups in total. The highest BCUT2D eigenvalue weighted by atomic mass is 16.3. The van der Waals surface area contributed by atoms with Gasteiger partial charge in [-0.3, -0.25) is 13.9 Å². The van der Waals surface area contributed by atoms with Gasteiger partial charge >= 0.3 is 5.69 Å². The van der Waals surface area contributed by atoms with Crippen molar-refractivity contribution in [2.75, 3.05) is 6.54 Å². The standard InChI is InChI=1S/C13H23N3O3/c1-9(2)5-11(17)8-14-7-10-6-12(18)16(4)13(19)15(10)3/h6,9,11,14,17H,5,7-8H2,1-4H3. The van der Waals surface area contributed by atoms with Crippen molar-refractivity contribution >= 4 is 0 Å². The minimum atomic E-state index is -0.413. The average Bonchev–Trinajstić information content (AvgIpc) is 2.32. The highest BCUT2D eigenvalue weighted by Gasteiger charge is 2.08. The van der Waals surface area contributed by atoms with Gasteiger partial charge in [-0.15, -0.1) is 0 Å². The molecule has 0 amide bonds. The molecule has 1 atom stereocenters. The number of aliphatic hydroxyl groups excluding tert-OH is 1. The van der Waals surface area contributed by atoms with Gasteiger partial charge in [0.2, 0.25) is 0 Å². The molecule has 1 heterocycles. The van der Waals surface area contributed by atoms with Crippen LogP contribution in [0.1, 0.15) is 26.0 Å². The lowest BCUT2D eigenvalue weighted by molar-refractivity contribution is 0.146. The van der Waals surface area contributed by atoms with E-state index >= 15 is 0 Å². The van der Waals surface area contributed by atoms with Crippen LogP contribution in [0.4, 0.5) is 0 Å². The van der Waals surface area contributed by atoms with Gasteiger partial charge in [0.05, 0.1) is 6.10 Å². The summed E-state index contributed by atoms with van der Waals surface area (Å²) in [5.74, 6) is 0.435. The third-order valence-corrected chi connectivity index (χ3v) is 3.05. The second-order valence-electron chi connectivity index (χ2n) is 5.29. The van der Waals surface area contributed by atoms with Gasteiger partial charge in [0.25, 0.3) is 5.56 Å². The summed E-state index contributed by atoms with van der Waals surface area (Å²) in [7, 11) is 3.08. The van der Waals surface area contributed by atoms with Crippen molar-refractivity contribution in [3.8, 4) is 0 Å². The monoisotopic (exact) mass is 269 g/mol. The number of hydrogen-bond donors (Lipinski definition) is 2. The molecule has 0 fully saturated rings. The van der Waals surface area contributed by atoms with E-state index in [1.807, 2.05) is 13.8 Å². The Morgan fingerprint density at radius 3 is 2.47 bits per heavy atom. The van der Waals surface area contributed by atoms with E-state index in [-0.39, 0.29) is 11.2 Å². The molecule has 0 aromatic carbocycles. The Kier molecular flexibility index (Phi) is 5.50. The Bertz CT molecular complexity index is 531. The zero-order valence-corrected chi connectivity index (χ0v) is 12.0. The molecule has 0 aliphatic carbocycles. The van der Waals surface area contributed by atoms with Gasteiger partial charge in [-0.25, -0.2) is 4.79 Å². The van der Waals surface area contributed by atoms with Crippen LogP contribution < -0.4 is 16.6 Å². The van der Waals surface area contributed by atoms with Gasteiger partial charge in [-0.2, -0.15) is 0 Å². The van der Waals surface area contributed by atoms with Crippen LogP contribution in [0.2, 0.25) is 0 Å². The fraction of sp³-hybridized carbons (Fsp3) is 0.692. The van der Waals surface area contributed by atoms with Gasteiger partial charge < -0.3 is 10.4 Å². The smallest absolute Gasteiger partial charge is 0.330 e. The van der Waals surface area contributed by atoms with E-state index in [9.17, 15) is 14.7 Å². The predicted octanol–water partition coefficient (Wildman–Crippen LogP) is -0.419.